The van der Waals surface area contributed by atoms with Gasteiger partial charge in [0.15, 0.2) is 0 Å². The van der Waals surface area contributed by atoms with Gasteiger partial charge in [-0.1, -0.05) is 0 Å². The van der Waals surface area contributed by atoms with Crippen LogP contribution in [0, 0.1) is 6.92 Å². The highest BCUT2D eigenvalue weighted by molar-refractivity contribution is 5.93. The summed E-state index contributed by atoms with van der Waals surface area (Å²) in [5.41, 5.74) is 1.87. The van der Waals surface area contributed by atoms with E-state index in [2.05, 4.69) is 4.98 Å². The maximum Gasteiger partial charge on any atom is 0.337 e. The second-order valence-corrected chi connectivity index (χ2v) is 3.49. The molecule has 0 unspecified atom stereocenters. The standard InChI is InChI=1S/C12H11NO3/c1-7-10(16-2)4-3-8-5-9(12(14)15)6-13-11(7)8/h3-6H,1-2H3,(H,14,15). The Balaban J connectivity index is 2.69. The van der Waals surface area contributed by atoms with Crippen LogP contribution in [0.25, 0.3) is 10.9 Å². The Bertz CT molecular complexity index is 563. The zero-order valence-corrected chi connectivity index (χ0v) is 9.02. The molecule has 0 amide bonds. The summed E-state index contributed by atoms with van der Waals surface area (Å²) in [5, 5.41) is 9.65. The summed E-state index contributed by atoms with van der Waals surface area (Å²) in [4.78, 5) is 14.9. The Morgan fingerprint density at radius 1 is 1.44 bits per heavy atom. The summed E-state index contributed by atoms with van der Waals surface area (Å²) in [5.74, 6) is -0.217. The van der Waals surface area contributed by atoms with Crippen LogP contribution in [-0.4, -0.2) is 23.2 Å². The smallest absolute Gasteiger partial charge is 0.337 e. The summed E-state index contributed by atoms with van der Waals surface area (Å²) in [6.45, 7) is 1.90. The molecule has 0 aliphatic rings. The number of rotatable bonds is 2. The first-order chi connectivity index (χ1) is 7.63. The Labute approximate surface area is 92.5 Å². The molecule has 0 atom stereocenters. The van der Waals surface area contributed by atoms with Gasteiger partial charge < -0.3 is 9.84 Å². The molecule has 0 aliphatic carbocycles. The van der Waals surface area contributed by atoms with Gasteiger partial charge in [-0.15, -0.1) is 0 Å². The van der Waals surface area contributed by atoms with Gasteiger partial charge in [0.1, 0.15) is 5.75 Å². The molecule has 1 heterocycles. The first-order valence-corrected chi connectivity index (χ1v) is 4.80. The summed E-state index contributed by atoms with van der Waals surface area (Å²) >= 11 is 0. The quantitative estimate of drug-likeness (QED) is 0.838. The molecule has 1 N–H and O–H groups in total. The monoisotopic (exact) mass is 217 g/mol. The average Bonchev–Trinajstić information content (AvgIpc) is 2.29. The van der Waals surface area contributed by atoms with Crippen molar-refractivity contribution in [3.63, 3.8) is 0 Å². The molecule has 0 saturated carbocycles. The van der Waals surface area contributed by atoms with Crippen molar-refractivity contribution in [3.05, 3.63) is 35.5 Å². The lowest BCUT2D eigenvalue weighted by atomic mass is 10.1. The van der Waals surface area contributed by atoms with Gasteiger partial charge >= 0.3 is 5.97 Å². The van der Waals surface area contributed by atoms with Crippen LogP contribution in [0.15, 0.2) is 24.4 Å². The van der Waals surface area contributed by atoms with E-state index in [1.165, 1.54) is 6.20 Å². The minimum atomic E-state index is -0.970. The molecule has 2 rings (SSSR count). The molecular weight excluding hydrogens is 206 g/mol. The Hall–Kier alpha value is -2.10. The highest BCUT2D eigenvalue weighted by atomic mass is 16.5. The maximum atomic E-state index is 10.8. The fourth-order valence-electron chi connectivity index (χ4n) is 1.67. The number of methoxy groups -OCH3 is 1. The van der Waals surface area contributed by atoms with Crippen molar-refractivity contribution in [1.82, 2.24) is 4.98 Å². The Morgan fingerprint density at radius 2 is 2.19 bits per heavy atom. The van der Waals surface area contributed by atoms with E-state index in [1.807, 2.05) is 13.0 Å². The molecule has 0 fully saturated rings. The predicted octanol–water partition coefficient (Wildman–Crippen LogP) is 2.25. The van der Waals surface area contributed by atoms with Gasteiger partial charge in [0.25, 0.3) is 0 Å². The summed E-state index contributed by atoms with van der Waals surface area (Å²) in [6, 6.07) is 5.22. The molecule has 16 heavy (non-hydrogen) atoms. The molecule has 0 spiro atoms. The van der Waals surface area contributed by atoms with E-state index in [-0.39, 0.29) is 5.56 Å². The van der Waals surface area contributed by atoms with Gasteiger partial charge in [-0.25, -0.2) is 4.79 Å². The third kappa shape index (κ3) is 1.58. The van der Waals surface area contributed by atoms with Crippen molar-refractivity contribution in [2.24, 2.45) is 0 Å². The van der Waals surface area contributed by atoms with Gasteiger partial charge in [-0.3, -0.25) is 4.98 Å². The topological polar surface area (TPSA) is 59.4 Å². The Morgan fingerprint density at radius 3 is 2.81 bits per heavy atom. The molecule has 0 saturated heterocycles. The van der Waals surface area contributed by atoms with E-state index < -0.39 is 5.97 Å². The maximum absolute atomic E-state index is 10.8. The van der Waals surface area contributed by atoms with E-state index >= 15 is 0 Å². The largest absolute Gasteiger partial charge is 0.496 e. The molecule has 82 valence electrons. The molecule has 1 aromatic carbocycles. The number of carboxylic acid groups (broad SMARTS) is 1. The van der Waals surface area contributed by atoms with E-state index in [0.29, 0.717) is 0 Å². The minimum absolute atomic E-state index is 0.192. The second kappa shape index (κ2) is 3.81. The van der Waals surface area contributed by atoms with Gasteiger partial charge in [0, 0.05) is 17.1 Å². The molecule has 0 bridgehead atoms. The number of carboxylic acids is 1. The van der Waals surface area contributed by atoms with Gasteiger partial charge in [-0.05, 0) is 25.1 Å². The van der Waals surface area contributed by atoms with Gasteiger partial charge in [-0.2, -0.15) is 0 Å². The highest BCUT2D eigenvalue weighted by Crippen LogP contribution is 2.25. The lowest BCUT2D eigenvalue weighted by Crippen LogP contribution is -1.98. The van der Waals surface area contributed by atoms with Crippen LogP contribution < -0.4 is 4.74 Å². The summed E-state index contributed by atoms with van der Waals surface area (Å²) in [6.07, 6.45) is 1.36. The number of carbonyl (C=O) groups is 1. The average molecular weight is 217 g/mol. The number of aromatic carboxylic acids is 1. The summed E-state index contributed by atoms with van der Waals surface area (Å²) < 4.78 is 5.17. The number of aryl methyl sites for hydroxylation is 1. The fourth-order valence-corrected chi connectivity index (χ4v) is 1.67. The zero-order valence-electron chi connectivity index (χ0n) is 9.02. The lowest BCUT2D eigenvalue weighted by molar-refractivity contribution is 0.0696. The minimum Gasteiger partial charge on any atom is -0.496 e. The third-order valence-corrected chi connectivity index (χ3v) is 2.52. The fraction of sp³-hybridized carbons (Fsp3) is 0.167. The van der Waals surface area contributed by atoms with E-state index in [1.54, 1.807) is 19.2 Å². The van der Waals surface area contributed by atoms with E-state index in [0.717, 1.165) is 22.2 Å². The number of hydrogen-bond acceptors (Lipinski definition) is 3. The summed E-state index contributed by atoms with van der Waals surface area (Å²) in [7, 11) is 1.60. The molecule has 4 heteroatoms. The van der Waals surface area contributed by atoms with Crippen molar-refractivity contribution in [1.29, 1.82) is 0 Å². The zero-order chi connectivity index (χ0) is 11.7. The molecule has 1 aromatic heterocycles. The number of ether oxygens (including phenoxy) is 1. The van der Waals surface area contributed by atoms with Crippen molar-refractivity contribution in [2.75, 3.05) is 7.11 Å². The van der Waals surface area contributed by atoms with Crippen LogP contribution in [0.4, 0.5) is 0 Å². The first kappa shape index (κ1) is 10.4. The highest BCUT2D eigenvalue weighted by Gasteiger charge is 2.08. The molecule has 4 nitrogen and oxygen atoms in total. The third-order valence-electron chi connectivity index (χ3n) is 2.52. The molecule has 0 aliphatic heterocycles. The molecular formula is C12H11NO3. The van der Waals surface area contributed by atoms with Crippen molar-refractivity contribution in [2.45, 2.75) is 6.92 Å². The normalized spacial score (nSPS) is 10.4. The molecule has 0 radical (unpaired) electrons. The van der Waals surface area contributed by atoms with Gasteiger partial charge in [0.05, 0.1) is 18.2 Å². The van der Waals surface area contributed by atoms with Crippen LogP contribution in [0.3, 0.4) is 0 Å². The van der Waals surface area contributed by atoms with Crippen LogP contribution in [0.1, 0.15) is 15.9 Å². The van der Waals surface area contributed by atoms with Crippen molar-refractivity contribution >= 4 is 16.9 Å². The second-order valence-electron chi connectivity index (χ2n) is 3.49. The SMILES string of the molecule is COc1ccc2cc(C(=O)O)cnc2c1C. The van der Waals surface area contributed by atoms with Gasteiger partial charge in [0.2, 0.25) is 0 Å². The van der Waals surface area contributed by atoms with Crippen molar-refractivity contribution in [3.8, 4) is 5.75 Å². The molecule has 2 aromatic rings. The number of pyridine rings is 1. The van der Waals surface area contributed by atoms with Crippen molar-refractivity contribution < 1.29 is 14.6 Å². The van der Waals surface area contributed by atoms with E-state index in [4.69, 9.17) is 9.84 Å². The van der Waals surface area contributed by atoms with Crippen LogP contribution in [0.2, 0.25) is 0 Å². The van der Waals surface area contributed by atoms with Crippen LogP contribution in [0.5, 0.6) is 5.75 Å². The number of benzene rings is 1. The van der Waals surface area contributed by atoms with E-state index in [9.17, 15) is 4.79 Å². The van der Waals surface area contributed by atoms with Crippen LogP contribution in [-0.2, 0) is 0 Å². The van der Waals surface area contributed by atoms with Crippen LogP contribution >= 0.6 is 0 Å². The number of aromatic nitrogens is 1. The Kier molecular flexibility index (Phi) is 2.48. The number of fused-ring (bicyclic) bond motifs is 1. The predicted molar refractivity (Wildman–Crippen MR) is 60.0 cm³/mol. The lowest BCUT2D eigenvalue weighted by Gasteiger charge is -2.07. The number of hydrogen-bond donors (Lipinski definition) is 1. The number of nitrogens with zero attached hydrogens (tertiary/aromatic N) is 1. The first-order valence-electron chi connectivity index (χ1n) is 4.80.